The van der Waals surface area contributed by atoms with Crippen LogP contribution in [0, 0.1) is 0 Å². The van der Waals surface area contributed by atoms with Gasteiger partial charge in [0.2, 0.25) is 0 Å². The Kier molecular flexibility index (Phi) is 8.22. The van der Waals surface area contributed by atoms with E-state index in [0.717, 1.165) is 18.4 Å². The lowest BCUT2D eigenvalue weighted by Crippen LogP contribution is -2.23. The van der Waals surface area contributed by atoms with Crippen molar-refractivity contribution in [1.29, 1.82) is 0 Å². The highest BCUT2D eigenvalue weighted by molar-refractivity contribution is 5.96. The fourth-order valence-corrected chi connectivity index (χ4v) is 1.20. The Labute approximate surface area is 99.1 Å². The lowest BCUT2D eigenvalue weighted by atomic mass is 10.1. The number of likely N-dealkylation sites (N-methyl/N-ethyl adjacent to an activating group) is 1. The van der Waals surface area contributed by atoms with Crippen LogP contribution in [0.2, 0.25) is 0 Å². The van der Waals surface area contributed by atoms with Crippen LogP contribution in [0.5, 0.6) is 0 Å². The number of amides is 1. The number of carbonyl (C=O) groups is 1. The normalized spacial score (nSPS) is 11.6. The van der Waals surface area contributed by atoms with E-state index in [9.17, 15) is 4.79 Å². The maximum absolute atomic E-state index is 11.7. The van der Waals surface area contributed by atoms with Crippen LogP contribution in [0.3, 0.4) is 0 Å². The van der Waals surface area contributed by atoms with Crippen molar-refractivity contribution in [3.05, 3.63) is 35.5 Å². The first kappa shape index (κ1) is 14.7. The summed E-state index contributed by atoms with van der Waals surface area (Å²) >= 11 is 0. The average Bonchev–Trinajstić information content (AvgIpc) is 2.22. The van der Waals surface area contributed by atoms with Crippen LogP contribution in [-0.2, 0) is 4.79 Å². The molecule has 0 fully saturated rings. The van der Waals surface area contributed by atoms with Gasteiger partial charge >= 0.3 is 0 Å². The molecule has 0 saturated carbocycles. The Hall–Kier alpha value is -1.31. The summed E-state index contributed by atoms with van der Waals surface area (Å²) < 4.78 is 0. The summed E-state index contributed by atoms with van der Waals surface area (Å²) in [4.78, 5) is 11.7. The molecule has 0 aromatic heterocycles. The zero-order valence-corrected chi connectivity index (χ0v) is 10.8. The van der Waals surface area contributed by atoms with Gasteiger partial charge in [-0.1, -0.05) is 37.1 Å². The predicted octanol–water partition coefficient (Wildman–Crippen LogP) is 3.37. The van der Waals surface area contributed by atoms with Gasteiger partial charge in [0.15, 0.2) is 0 Å². The first-order chi connectivity index (χ1) is 7.61. The van der Waals surface area contributed by atoms with E-state index < -0.39 is 0 Å². The summed E-state index contributed by atoms with van der Waals surface area (Å²) in [5.74, 6) is -0.00940. The van der Waals surface area contributed by atoms with Crippen molar-refractivity contribution in [1.82, 2.24) is 5.32 Å². The predicted molar refractivity (Wildman–Crippen MR) is 70.2 cm³/mol. The first-order valence-electron chi connectivity index (χ1n) is 5.91. The van der Waals surface area contributed by atoms with Crippen LogP contribution in [0.25, 0.3) is 0 Å². The molecule has 0 heterocycles. The molecule has 1 amide bonds. The minimum Gasteiger partial charge on any atom is -0.352 e. The van der Waals surface area contributed by atoms with Gasteiger partial charge in [-0.2, -0.15) is 0 Å². The third kappa shape index (κ3) is 7.04. The van der Waals surface area contributed by atoms with E-state index in [2.05, 4.69) is 18.3 Å². The number of nitrogens with one attached hydrogen (secondary N) is 1. The quantitative estimate of drug-likeness (QED) is 0.540. The molecule has 0 atom stereocenters. The Morgan fingerprint density at radius 1 is 1.25 bits per heavy atom. The zero-order valence-electron chi connectivity index (χ0n) is 10.8. The Morgan fingerprint density at radius 2 is 1.94 bits per heavy atom. The number of allylic oxidation sites excluding steroid dienone is 4. The van der Waals surface area contributed by atoms with Crippen LogP contribution < -0.4 is 5.32 Å². The summed E-state index contributed by atoms with van der Waals surface area (Å²) in [5.41, 5.74) is 1.84. The van der Waals surface area contributed by atoms with Gasteiger partial charge in [0.1, 0.15) is 0 Å². The first-order valence-corrected chi connectivity index (χ1v) is 5.91. The largest absolute Gasteiger partial charge is 0.352 e. The maximum Gasteiger partial charge on any atom is 0.251 e. The fraction of sp³-hybridized carbons (Fsp3) is 0.500. The molecular formula is C14H23NO. The Bertz CT molecular complexity index is 294. The van der Waals surface area contributed by atoms with Crippen LogP contribution in [-0.4, -0.2) is 12.5 Å². The van der Waals surface area contributed by atoms with Gasteiger partial charge in [0.25, 0.3) is 5.91 Å². The summed E-state index contributed by atoms with van der Waals surface area (Å²) in [6.07, 6.45) is 9.98. The molecule has 0 aliphatic rings. The second-order valence-electron chi connectivity index (χ2n) is 3.92. The van der Waals surface area contributed by atoms with Crippen LogP contribution in [0.4, 0.5) is 0 Å². The van der Waals surface area contributed by atoms with Gasteiger partial charge < -0.3 is 5.32 Å². The van der Waals surface area contributed by atoms with Crippen molar-refractivity contribution in [3.63, 3.8) is 0 Å². The van der Waals surface area contributed by atoms with Crippen molar-refractivity contribution in [2.24, 2.45) is 0 Å². The highest BCUT2D eigenvalue weighted by Crippen LogP contribution is 2.03. The van der Waals surface area contributed by atoms with Gasteiger partial charge in [-0.3, -0.25) is 4.79 Å². The minimum atomic E-state index is -0.00940. The standard InChI is InChI=1S/C14H23NO/c1-5-7-8-9-10-13(11-12(3)4)14(16)15-6-2/h8-11H,5-7H2,1-4H3,(H,15,16)/b9-8-,13-10+. The van der Waals surface area contributed by atoms with E-state index in [1.165, 1.54) is 0 Å². The maximum atomic E-state index is 11.7. The molecule has 0 radical (unpaired) electrons. The lowest BCUT2D eigenvalue weighted by Gasteiger charge is -2.02. The molecule has 1 N–H and O–H groups in total. The highest BCUT2D eigenvalue weighted by Gasteiger charge is 2.03. The Balaban J connectivity index is 4.66. The van der Waals surface area contributed by atoms with E-state index in [4.69, 9.17) is 0 Å². The van der Waals surface area contributed by atoms with Gasteiger partial charge in [0.05, 0.1) is 0 Å². The summed E-state index contributed by atoms with van der Waals surface area (Å²) in [6, 6.07) is 0. The van der Waals surface area contributed by atoms with E-state index in [0.29, 0.717) is 12.1 Å². The van der Waals surface area contributed by atoms with Crippen molar-refractivity contribution >= 4 is 5.91 Å². The molecule has 0 saturated heterocycles. The van der Waals surface area contributed by atoms with Crippen molar-refractivity contribution in [2.75, 3.05) is 6.54 Å². The van der Waals surface area contributed by atoms with E-state index in [1.54, 1.807) is 0 Å². The smallest absolute Gasteiger partial charge is 0.251 e. The van der Waals surface area contributed by atoms with Crippen molar-refractivity contribution in [3.8, 4) is 0 Å². The molecule has 16 heavy (non-hydrogen) atoms. The van der Waals surface area contributed by atoms with E-state index in [1.807, 2.05) is 39.0 Å². The number of rotatable bonds is 6. The topological polar surface area (TPSA) is 29.1 Å². The summed E-state index contributed by atoms with van der Waals surface area (Å²) in [7, 11) is 0. The number of hydrogen-bond acceptors (Lipinski definition) is 1. The molecule has 0 bridgehead atoms. The lowest BCUT2D eigenvalue weighted by molar-refractivity contribution is -0.117. The molecule has 0 aliphatic heterocycles. The second kappa shape index (κ2) is 8.96. The third-order valence-corrected chi connectivity index (χ3v) is 1.91. The molecule has 0 spiro atoms. The van der Waals surface area contributed by atoms with Gasteiger partial charge in [-0.15, -0.1) is 0 Å². The SMILES string of the molecule is CCC/C=C\C=C(/C=C(C)C)C(=O)NCC. The van der Waals surface area contributed by atoms with Crippen LogP contribution in [0.15, 0.2) is 35.5 Å². The molecule has 0 aromatic rings. The fourth-order valence-electron chi connectivity index (χ4n) is 1.20. The number of hydrogen-bond donors (Lipinski definition) is 1. The number of carbonyl (C=O) groups excluding carboxylic acids is 1. The van der Waals surface area contributed by atoms with Gasteiger partial charge in [0, 0.05) is 12.1 Å². The molecule has 0 unspecified atom stereocenters. The van der Waals surface area contributed by atoms with Crippen LogP contribution >= 0.6 is 0 Å². The zero-order chi connectivity index (χ0) is 12.4. The third-order valence-electron chi connectivity index (χ3n) is 1.91. The van der Waals surface area contributed by atoms with E-state index in [-0.39, 0.29) is 5.91 Å². The molecule has 90 valence electrons. The molecule has 0 aliphatic carbocycles. The monoisotopic (exact) mass is 221 g/mol. The summed E-state index contributed by atoms with van der Waals surface area (Å²) in [6.45, 7) is 8.69. The average molecular weight is 221 g/mol. The highest BCUT2D eigenvalue weighted by atomic mass is 16.1. The molecule has 2 heteroatoms. The molecule has 0 aromatic carbocycles. The Morgan fingerprint density at radius 3 is 2.44 bits per heavy atom. The molecule has 2 nitrogen and oxygen atoms in total. The molecule has 0 rings (SSSR count). The molecular weight excluding hydrogens is 198 g/mol. The van der Waals surface area contributed by atoms with Crippen LogP contribution in [0.1, 0.15) is 40.5 Å². The minimum absolute atomic E-state index is 0.00940. The van der Waals surface area contributed by atoms with Crippen molar-refractivity contribution in [2.45, 2.75) is 40.5 Å². The van der Waals surface area contributed by atoms with Gasteiger partial charge in [-0.25, -0.2) is 0 Å². The van der Waals surface area contributed by atoms with Crippen molar-refractivity contribution < 1.29 is 4.79 Å². The van der Waals surface area contributed by atoms with E-state index >= 15 is 0 Å². The number of unbranched alkanes of at least 4 members (excludes halogenated alkanes) is 1. The second-order valence-corrected chi connectivity index (χ2v) is 3.92. The van der Waals surface area contributed by atoms with Gasteiger partial charge in [-0.05, 0) is 33.3 Å². The summed E-state index contributed by atoms with van der Waals surface area (Å²) in [5, 5.41) is 2.81.